The van der Waals surface area contributed by atoms with Crippen LogP contribution in [0.15, 0.2) is 12.2 Å². The fourth-order valence-corrected chi connectivity index (χ4v) is 2.52. The molecule has 0 spiro atoms. The number of fused-ring (bicyclic) bond motifs is 2. The van der Waals surface area contributed by atoms with Crippen molar-refractivity contribution in [2.45, 2.75) is 25.8 Å². The van der Waals surface area contributed by atoms with E-state index in [2.05, 4.69) is 23.4 Å². The Bertz CT molecular complexity index is 248. The van der Waals surface area contributed by atoms with E-state index < -0.39 is 0 Å². The number of hydrogen-bond donors (Lipinski definition) is 1. The first-order valence-corrected chi connectivity index (χ1v) is 5.17. The molecule has 1 N–H and O–H groups in total. The number of rotatable bonds is 3. The summed E-state index contributed by atoms with van der Waals surface area (Å²) >= 11 is 0. The van der Waals surface area contributed by atoms with E-state index in [4.69, 9.17) is 6.42 Å². The first-order valence-electron chi connectivity index (χ1n) is 5.17. The number of hydrogen-bond acceptors (Lipinski definition) is 1. The van der Waals surface area contributed by atoms with E-state index in [9.17, 15) is 0 Å². The molecule has 0 aliphatic heterocycles. The Hall–Kier alpha value is -0.740. The monoisotopic (exact) mass is 175 g/mol. The Morgan fingerprint density at radius 1 is 1.54 bits per heavy atom. The van der Waals surface area contributed by atoms with Crippen molar-refractivity contribution in [3.63, 3.8) is 0 Å². The first-order chi connectivity index (χ1) is 6.29. The molecule has 4 unspecified atom stereocenters. The van der Waals surface area contributed by atoms with Crippen molar-refractivity contribution < 1.29 is 0 Å². The molecule has 0 aromatic rings. The van der Waals surface area contributed by atoms with Gasteiger partial charge in [0, 0.05) is 0 Å². The molecule has 0 radical (unpaired) electrons. The molecule has 4 atom stereocenters. The van der Waals surface area contributed by atoms with Gasteiger partial charge in [-0.1, -0.05) is 18.1 Å². The van der Waals surface area contributed by atoms with Gasteiger partial charge in [0.1, 0.15) is 0 Å². The summed E-state index contributed by atoms with van der Waals surface area (Å²) in [6.07, 6.45) is 12.8. The summed E-state index contributed by atoms with van der Waals surface area (Å²) in [7, 11) is 0. The van der Waals surface area contributed by atoms with Crippen LogP contribution >= 0.6 is 0 Å². The van der Waals surface area contributed by atoms with Crippen LogP contribution < -0.4 is 5.32 Å². The third-order valence-electron chi connectivity index (χ3n) is 3.35. The molecule has 0 saturated heterocycles. The zero-order valence-electron chi connectivity index (χ0n) is 8.16. The maximum absolute atomic E-state index is 5.31. The summed E-state index contributed by atoms with van der Waals surface area (Å²) in [6, 6.07) is 0.225. The molecule has 2 bridgehead atoms. The Balaban J connectivity index is 1.78. The average Bonchev–Trinajstić information content (AvgIpc) is 2.74. The lowest BCUT2D eigenvalue weighted by atomic mass is 9.93. The Morgan fingerprint density at radius 2 is 2.38 bits per heavy atom. The highest BCUT2D eigenvalue weighted by Gasteiger charge is 2.35. The van der Waals surface area contributed by atoms with Crippen molar-refractivity contribution in [1.29, 1.82) is 0 Å². The topological polar surface area (TPSA) is 12.0 Å². The van der Waals surface area contributed by atoms with Gasteiger partial charge >= 0.3 is 0 Å². The van der Waals surface area contributed by atoms with Gasteiger partial charge in [-0.2, -0.15) is 0 Å². The Labute approximate surface area is 80.6 Å². The van der Waals surface area contributed by atoms with Gasteiger partial charge in [0.15, 0.2) is 0 Å². The summed E-state index contributed by atoms with van der Waals surface area (Å²) in [5.74, 6) is 5.25. The van der Waals surface area contributed by atoms with Crippen LogP contribution in [0.5, 0.6) is 0 Å². The van der Waals surface area contributed by atoms with Crippen molar-refractivity contribution in [1.82, 2.24) is 5.32 Å². The second-order valence-corrected chi connectivity index (χ2v) is 4.34. The van der Waals surface area contributed by atoms with Gasteiger partial charge in [0.25, 0.3) is 0 Å². The van der Waals surface area contributed by atoms with Crippen LogP contribution in [0, 0.1) is 30.1 Å². The third kappa shape index (κ3) is 1.78. The normalized spacial score (nSPS) is 37.7. The second kappa shape index (κ2) is 3.55. The van der Waals surface area contributed by atoms with Gasteiger partial charge in [0.05, 0.1) is 6.04 Å². The lowest BCUT2D eigenvalue weighted by molar-refractivity contribution is 0.408. The highest BCUT2D eigenvalue weighted by Crippen LogP contribution is 2.42. The number of nitrogens with one attached hydrogen (secondary N) is 1. The van der Waals surface area contributed by atoms with Crippen molar-refractivity contribution in [3.05, 3.63) is 12.2 Å². The van der Waals surface area contributed by atoms with Crippen LogP contribution in [0.1, 0.15) is 19.8 Å². The molecule has 1 saturated carbocycles. The van der Waals surface area contributed by atoms with E-state index >= 15 is 0 Å². The molecular weight excluding hydrogens is 158 g/mol. The van der Waals surface area contributed by atoms with Gasteiger partial charge in [0.2, 0.25) is 0 Å². The number of allylic oxidation sites excluding steroid dienone is 2. The fourth-order valence-electron chi connectivity index (χ4n) is 2.52. The Morgan fingerprint density at radius 3 is 2.92 bits per heavy atom. The number of terminal acetylenes is 1. The molecule has 1 fully saturated rings. The minimum absolute atomic E-state index is 0.225. The molecule has 0 aromatic heterocycles. The molecule has 70 valence electrons. The molecule has 1 nitrogen and oxygen atoms in total. The quantitative estimate of drug-likeness (QED) is 0.509. The second-order valence-electron chi connectivity index (χ2n) is 4.34. The SMILES string of the molecule is C#CC(C)NCC1CC2C=CC1C2. The lowest BCUT2D eigenvalue weighted by Crippen LogP contribution is -2.31. The average molecular weight is 175 g/mol. The predicted octanol–water partition coefficient (Wildman–Crippen LogP) is 1.81. The summed E-state index contributed by atoms with van der Waals surface area (Å²) in [6.45, 7) is 3.14. The lowest BCUT2D eigenvalue weighted by Gasteiger charge is -2.19. The summed E-state index contributed by atoms with van der Waals surface area (Å²) in [5.41, 5.74) is 0. The fraction of sp³-hybridized carbons (Fsp3) is 0.667. The van der Waals surface area contributed by atoms with Gasteiger partial charge in [-0.05, 0) is 44.1 Å². The van der Waals surface area contributed by atoms with Crippen molar-refractivity contribution in [2.24, 2.45) is 17.8 Å². The molecule has 2 aliphatic carbocycles. The molecule has 13 heavy (non-hydrogen) atoms. The predicted molar refractivity (Wildman–Crippen MR) is 55.1 cm³/mol. The largest absolute Gasteiger partial charge is 0.304 e. The minimum atomic E-state index is 0.225. The maximum Gasteiger partial charge on any atom is 0.0658 e. The van der Waals surface area contributed by atoms with Crippen LogP contribution in [-0.4, -0.2) is 12.6 Å². The molecule has 0 heterocycles. The zero-order chi connectivity index (χ0) is 9.26. The van der Waals surface area contributed by atoms with Crippen LogP contribution in [0.2, 0.25) is 0 Å². The summed E-state index contributed by atoms with van der Waals surface area (Å²) in [5, 5.41) is 3.39. The van der Waals surface area contributed by atoms with E-state index in [0.717, 1.165) is 24.3 Å². The Kier molecular flexibility index (Phi) is 2.42. The van der Waals surface area contributed by atoms with Gasteiger partial charge in [-0.25, -0.2) is 0 Å². The van der Waals surface area contributed by atoms with Crippen molar-refractivity contribution >= 4 is 0 Å². The third-order valence-corrected chi connectivity index (χ3v) is 3.35. The van der Waals surface area contributed by atoms with E-state index in [1.807, 2.05) is 6.92 Å². The smallest absolute Gasteiger partial charge is 0.0658 e. The molecule has 1 heteroatoms. The highest BCUT2D eigenvalue weighted by atomic mass is 14.9. The minimum Gasteiger partial charge on any atom is -0.304 e. The van der Waals surface area contributed by atoms with Gasteiger partial charge < -0.3 is 5.32 Å². The van der Waals surface area contributed by atoms with E-state index in [-0.39, 0.29) is 6.04 Å². The van der Waals surface area contributed by atoms with Gasteiger partial charge in [-0.15, -0.1) is 6.42 Å². The summed E-state index contributed by atoms with van der Waals surface area (Å²) < 4.78 is 0. The van der Waals surface area contributed by atoms with Crippen LogP contribution in [0.4, 0.5) is 0 Å². The molecule has 0 amide bonds. The van der Waals surface area contributed by atoms with Crippen LogP contribution in [-0.2, 0) is 0 Å². The molecule has 2 aliphatic rings. The maximum atomic E-state index is 5.31. The van der Waals surface area contributed by atoms with E-state index in [0.29, 0.717) is 0 Å². The first kappa shape index (κ1) is 8.84. The highest BCUT2D eigenvalue weighted by molar-refractivity contribution is 5.10. The van der Waals surface area contributed by atoms with E-state index in [1.54, 1.807) is 0 Å². The molecular formula is C12H17N. The van der Waals surface area contributed by atoms with Crippen LogP contribution in [0.3, 0.4) is 0 Å². The van der Waals surface area contributed by atoms with Crippen molar-refractivity contribution in [3.8, 4) is 12.3 Å². The standard InChI is InChI=1S/C12H17N/c1-3-9(2)13-8-12-7-10-4-5-11(12)6-10/h1,4-5,9-13H,6-8H2,2H3. The summed E-state index contributed by atoms with van der Waals surface area (Å²) in [4.78, 5) is 0. The molecule has 0 aromatic carbocycles. The molecule has 2 rings (SSSR count). The van der Waals surface area contributed by atoms with Gasteiger partial charge in [-0.3, -0.25) is 0 Å². The zero-order valence-corrected chi connectivity index (χ0v) is 8.16. The van der Waals surface area contributed by atoms with Crippen molar-refractivity contribution in [2.75, 3.05) is 6.54 Å². The van der Waals surface area contributed by atoms with E-state index in [1.165, 1.54) is 12.8 Å². The van der Waals surface area contributed by atoms with Crippen LogP contribution in [0.25, 0.3) is 0 Å².